The molecule has 122 valence electrons. The highest BCUT2D eigenvalue weighted by Gasteiger charge is 2.29. The first-order valence-electron chi connectivity index (χ1n) is 8.17. The molecule has 0 saturated carbocycles. The van der Waals surface area contributed by atoms with E-state index in [9.17, 15) is 4.79 Å². The van der Waals surface area contributed by atoms with Crippen molar-refractivity contribution in [1.29, 1.82) is 5.26 Å². The normalized spacial score (nSPS) is 16.9. The summed E-state index contributed by atoms with van der Waals surface area (Å²) in [6.45, 7) is 2.17. The molecule has 1 aromatic carbocycles. The van der Waals surface area contributed by atoms with Crippen LogP contribution in [0.5, 0.6) is 0 Å². The van der Waals surface area contributed by atoms with E-state index in [4.69, 9.17) is 5.26 Å². The number of likely N-dealkylation sites (tertiary alicyclic amines) is 1. The number of anilines is 1. The largest absolute Gasteiger partial charge is 0.369 e. The number of hydrogen-bond acceptors (Lipinski definition) is 4. The first kappa shape index (κ1) is 16.0. The monoisotopic (exact) mass is 320 g/mol. The van der Waals surface area contributed by atoms with E-state index in [1.54, 1.807) is 18.3 Å². The number of benzene rings is 1. The fourth-order valence-corrected chi connectivity index (χ4v) is 2.99. The standard InChI is InChI=1S/C19H20N4O/c20-12-17-7-4-9-21-19(17)22-13-16-11-18(24)23(14-16)10-8-15-5-2-1-3-6-15/h1-7,9,16H,8,10-11,13-14H2,(H,21,22)/t16-/m0/s1. The van der Waals surface area contributed by atoms with E-state index in [0.29, 0.717) is 24.3 Å². The van der Waals surface area contributed by atoms with E-state index in [1.165, 1.54) is 5.56 Å². The third kappa shape index (κ3) is 3.90. The first-order valence-corrected chi connectivity index (χ1v) is 8.17. The molecule has 5 nitrogen and oxygen atoms in total. The molecule has 0 aliphatic carbocycles. The van der Waals surface area contributed by atoms with Crippen molar-refractivity contribution in [3.05, 3.63) is 59.8 Å². The van der Waals surface area contributed by atoms with E-state index in [1.807, 2.05) is 23.1 Å². The SMILES string of the molecule is N#Cc1cccnc1NC[C@@H]1CC(=O)N(CCc2ccccc2)C1. The number of nitrogens with one attached hydrogen (secondary N) is 1. The fraction of sp³-hybridized carbons (Fsp3) is 0.316. The molecule has 5 heteroatoms. The molecule has 1 aliphatic heterocycles. The van der Waals surface area contributed by atoms with Crippen LogP contribution in [0.25, 0.3) is 0 Å². The summed E-state index contributed by atoms with van der Waals surface area (Å²) < 4.78 is 0. The van der Waals surface area contributed by atoms with Crippen LogP contribution >= 0.6 is 0 Å². The molecule has 1 aromatic heterocycles. The van der Waals surface area contributed by atoms with Gasteiger partial charge in [-0.25, -0.2) is 4.98 Å². The van der Waals surface area contributed by atoms with E-state index in [-0.39, 0.29) is 11.8 Å². The van der Waals surface area contributed by atoms with Crippen molar-refractivity contribution in [1.82, 2.24) is 9.88 Å². The van der Waals surface area contributed by atoms with Gasteiger partial charge < -0.3 is 10.2 Å². The lowest BCUT2D eigenvalue weighted by Gasteiger charge is -2.17. The summed E-state index contributed by atoms with van der Waals surface area (Å²) in [5.74, 6) is 1.05. The topological polar surface area (TPSA) is 69.0 Å². The van der Waals surface area contributed by atoms with Crippen molar-refractivity contribution in [2.45, 2.75) is 12.8 Å². The van der Waals surface area contributed by atoms with Gasteiger partial charge in [-0.2, -0.15) is 5.26 Å². The first-order chi connectivity index (χ1) is 11.8. The second-order valence-corrected chi connectivity index (χ2v) is 6.04. The maximum Gasteiger partial charge on any atom is 0.223 e. The number of nitrogens with zero attached hydrogens (tertiary/aromatic N) is 3. The zero-order valence-corrected chi connectivity index (χ0v) is 13.5. The molecular formula is C19H20N4O. The van der Waals surface area contributed by atoms with Crippen LogP contribution < -0.4 is 5.32 Å². The van der Waals surface area contributed by atoms with Crippen molar-refractivity contribution < 1.29 is 4.79 Å². The minimum atomic E-state index is 0.208. The number of hydrogen-bond donors (Lipinski definition) is 1. The van der Waals surface area contributed by atoms with E-state index < -0.39 is 0 Å². The van der Waals surface area contributed by atoms with Gasteiger partial charge in [0.05, 0.1) is 5.56 Å². The van der Waals surface area contributed by atoms with Crippen LogP contribution in [0, 0.1) is 17.2 Å². The molecule has 1 amide bonds. The predicted molar refractivity (Wildman–Crippen MR) is 92.3 cm³/mol. The molecule has 1 saturated heterocycles. The molecule has 1 aliphatic rings. The van der Waals surface area contributed by atoms with Crippen LogP contribution in [-0.2, 0) is 11.2 Å². The number of carbonyl (C=O) groups excluding carboxylic acids is 1. The summed E-state index contributed by atoms with van der Waals surface area (Å²) in [5, 5.41) is 12.3. The Labute approximate surface area is 141 Å². The lowest BCUT2D eigenvalue weighted by molar-refractivity contribution is -0.127. The summed E-state index contributed by atoms with van der Waals surface area (Å²) in [6.07, 6.45) is 3.09. The number of pyridine rings is 1. The van der Waals surface area contributed by atoms with Gasteiger partial charge in [0, 0.05) is 38.2 Å². The molecule has 2 heterocycles. The van der Waals surface area contributed by atoms with Gasteiger partial charge in [0.2, 0.25) is 5.91 Å². The van der Waals surface area contributed by atoms with E-state index in [2.05, 4.69) is 28.5 Å². The summed E-state index contributed by atoms with van der Waals surface area (Å²) >= 11 is 0. The van der Waals surface area contributed by atoms with Gasteiger partial charge in [-0.3, -0.25) is 4.79 Å². The van der Waals surface area contributed by atoms with Gasteiger partial charge in [0.25, 0.3) is 0 Å². The Balaban J connectivity index is 1.50. The molecular weight excluding hydrogens is 300 g/mol. The van der Waals surface area contributed by atoms with Gasteiger partial charge in [0.1, 0.15) is 11.9 Å². The Morgan fingerprint density at radius 1 is 1.25 bits per heavy atom. The molecule has 3 rings (SSSR count). The van der Waals surface area contributed by atoms with E-state index in [0.717, 1.165) is 19.5 Å². The second-order valence-electron chi connectivity index (χ2n) is 6.04. The highest BCUT2D eigenvalue weighted by molar-refractivity contribution is 5.78. The van der Waals surface area contributed by atoms with Gasteiger partial charge in [-0.05, 0) is 24.1 Å². The average Bonchev–Trinajstić information content (AvgIpc) is 2.99. The van der Waals surface area contributed by atoms with Crippen molar-refractivity contribution >= 4 is 11.7 Å². The van der Waals surface area contributed by atoms with Crippen molar-refractivity contribution in [3.63, 3.8) is 0 Å². The highest BCUT2D eigenvalue weighted by Crippen LogP contribution is 2.19. The summed E-state index contributed by atoms with van der Waals surface area (Å²) in [4.78, 5) is 18.3. The minimum Gasteiger partial charge on any atom is -0.369 e. The van der Waals surface area contributed by atoms with Crippen molar-refractivity contribution in [2.75, 3.05) is 25.0 Å². The van der Waals surface area contributed by atoms with Crippen LogP contribution in [0.2, 0.25) is 0 Å². The number of aromatic nitrogens is 1. The van der Waals surface area contributed by atoms with Gasteiger partial charge >= 0.3 is 0 Å². The second kappa shape index (κ2) is 7.60. The summed E-state index contributed by atoms with van der Waals surface area (Å²) in [6, 6.07) is 15.8. The Hall–Kier alpha value is -2.87. The van der Waals surface area contributed by atoms with Crippen LogP contribution in [-0.4, -0.2) is 35.4 Å². The molecule has 0 spiro atoms. The van der Waals surface area contributed by atoms with Crippen molar-refractivity contribution in [3.8, 4) is 6.07 Å². The Morgan fingerprint density at radius 2 is 2.08 bits per heavy atom. The quantitative estimate of drug-likeness (QED) is 0.887. The maximum absolute atomic E-state index is 12.2. The maximum atomic E-state index is 12.2. The van der Waals surface area contributed by atoms with Gasteiger partial charge in [-0.1, -0.05) is 30.3 Å². The molecule has 0 radical (unpaired) electrons. The van der Waals surface area contributed by atoms with Crippen LogP contribution in [0.1, 0.15) is 17.5 Å². The molecule has 2 aromatic rings. The molecule has 1 N–H and O–H groups in total. The lowest BCUT2D eigenvalue weighted by Crippen LogP contribution is -2.28. The van der Waals surface area contributed by atoms with Gasteiger partial charge in [0.15, 0.2) is 0 Å². The molecule has 24 heavy (non-hydrogen) atoms. The average molecular weight is 320 g/mol. The number of carbonyl (C=O) groups is 1. The smallest absolute Gasteiger partial charge is 0.223 e. The molecule has 1 atom stereocenters. The third-order valence-electron chi connectivity index (χ3n) is 4.29. The molecule has 0 bridgehead atoms. The van der Waals surface area contributed by atoms with Crippen molar-refractivity contribution in [2.24, 2.45) is 5.92 Å². The summed E-state index contributed by atoms with van der Waals surface area (Å²) in [5.41, 5.74) is 1.78. The zero-order chi connectivity index (χ0) is 16.8. The Kier molecular flexibility index (Phi) is 5.07. The van der Waals surface area contributed by atoms with E-state index >= 15 is 0 Å². The Bertz CT molecular complexity index is 739. The fourth-order valence-electron chi connectivity index (χ4n) is 2.99. The number of rotatable bonds is 6. The lowest BCUT2D eigenvalue weighted by atomic mass is 10.1. The zero-order valence-electron chi connectivity index (χ0n) is 13.5. The Morgan fingerprint density at radius 3 is 2.88 bits per heavy atom. The molecule has 0 unspecified atom stereocenters. The van der Waals surface area contributed by atoms with Crippen LogP contribution in [0.3, 0.4) is 0 Å². The van der Waals surface area contributed by atoms with Gasteiger partial charge in [-0.15, -0.1) is 0 Å². The number of amides is 1. The van der Waals surface area contributed by atoms with Crippen LogP contribution in [0.15, 0.2) is 48.7 Å². The third-order valence-corrected chi connectivity index (χ3v) is 4.29. The summed E-state index contributed by atoms with van der Waals surface area (Å²) in [7, 11) is 0. The van der Waals surface area contributed by atoms with Crippen LogP contribution in [0.4, 0.5) is 5.82 Å². The molecule has 1 fully saturated rings. The number of nitriles is 1. The highest BCUT2D eigenvalue weighted by atomic mass is 16.2. The minimum absolute atomic E-state index is 0.208. The predicted octanol–water partition coefficient (Wildman–Crippen LogP) is 2.46.